The molecule has 2 heterocycles. The van der Waals surface area contributed by atoms with Crippen LogP contribution in [0.25, 0.3) is 5.69 Å². The molecular formula is C29H24F3N5O4. The predicted molar refractivity (Wildman–Crippen MR) is 144 cm³/mol. The number of hydrogen-bond donors (Lipinski definition) is 1. The van der Waals surface area contributed by atoms with Gasteiger partial charge in [-0.3, -0.25) is 24.6 Å². The number of nitrogens with zero attached hydrogens (tertiary/aromatic N) is 4. The topological polar surface area (TPSA) is 110 Å². The first-order valence-electron chi connectivity index (χ1n) is 12.7. The lowest BCUT2D eigenvalue weighted by atomic mass is 9.80. The molecule has 4 aromatic rings. The van der Waals surface area contributed by atoms with Gasteiger partial charge in [-0.05, 0) is 44.2 Å². The normalized spacial score (nSPS) is 16.8. The van der Waals surface area contributed by atoms with Crippen molar-refractivity contribution in [1.82, 2.24) is 15.1 Å². The number of nitro benzene ring substituents is 1. The maximum atomic E-state index is 14.1. The molecule has 1 aromatic heterocycles. The average Bonchev–Trinajstić information content (AvgIpc) is 3.30. The number of nitrogens with one attached hydrogen (secondary N) is 1. The Morgan fingerprint density at radius 1 is 1.05 bits per heavy atom. The molecule has 2 amide bonds. The average molecular weight is 564 g/mol. The maximum Gasteiger partial charge on any atom is 0.416 e. The number of aromatic nitrogens is 2. The van der Waals surface area contributed by atoms with Gasteiger partial charge in [-0.15, -0.1) is 0 Å². The first-order chi connectivity index (χ1) is 19.5. The fourth-order valence-corrected chi connectivity index (χ4v) is 5.25. The summed E-state index contributed by atoms with van der Waals surface area (Å²) in [6, 6.07) is 17.4. The Morgan fingerprint density at radius 2 is 1.73 bits per heavy atom. The summed E-state index contributed by atoms with van der Waals surface area (Å²) >= 11 is 0. The molecule has 0 aliphatic carbocycles. The third kappa shape index (κ3) is 4.92. The number of carbonyl (C=O) groups is 2. The SMILES string of the molecule is CCN1C(=O)[C@H](NC(=O)c2cccc(C(F)(F)F)c2)[C@@H](c2ccccc2[N+](=O)[O-])c2c(C)nn(-c3ccccc3)c21. The Morgan fingerprint density at radius 3 is 2.39 bits per heavy atom. The number of nitro groups is 1. The number of likely N-dealkylation sites (N-methyl/N-ethyl adjacent to an activating group) is 1. The van der Waals surface area contributed by atoms with Crippen LogP contribution in [0.15, 0.2) is 78.9 Å². The van der Waals surface area contributed by atoms with Crippen LogP contribution in [0.4, 0.5) is 24.7 Å². The summed E-state index contributed by atoms with van der Waals surface area (Å²) in [6.45, 7) is 3.61. The molecule has 0 saturated heterocycles. The molecular weight excluding hydrogens is 539 g/mol. The van der Waals surface area contributed by atoms with E-state index in [4.69, 9.17) is 0 Å². The number of halogens is 3. The van der Waals surface area contributed by atoms with E-state index in [2.05, 4.69) is 10.4 Å². The van der Waals surface area contributed by atoms with Crippen molar-refractivity contribution in [2.75, 3.05) is 11.4 Å². The Bertz CT molecular complexity index is 1650. The van der Waals surface area contributed by atoms with E-state index in [1.807, 2.05) is 6.07 Å². The maximum absolute atomic E-state index is 14.1. The van der Waals surface area contributed by atoms with E-state index in [1.165, 1.54) is 29.2 Å². The van der Waals surface area contributed by atoms with Gasteiger partial charge in [0.2, 0.25) is 0 Å². The van der Waals surface area contributed by atoms with E-state index >= 15 is 0 Å². The van der Waals surface area contributed by atoms with Crippen LogP contribution in [0.5, 0.6) is 0 Å². The molecule has 210 valence electrons. The van der Waals surface area contributed by atoms with E-state index in [9.17, 15) is 32.9 Å². The Kier molecular flexibility index (Phi) is 7.08. The number of alkyl halides is 3. The molecule has 3 aromatic carbocycles. The van der Waals surface area contributed by atoms with E-state index in [-0.39, 0.29) is 23.4 Å². The fourth-order valence-electron chi connectivity index (χ4n) is 5.25. The summed E-state index contributed by atoms with van der Waals surface area (Å²) in [4.78, 5) is 40.4. The summed E-state index contributed by atoms with van der Waals surface area (Å²) in [5, 5.41) is 19.3. The summed E-state index contributed by atoms with van der Waals surface area (Å²) < 4.78 is 41.6. The lowest BCUT2D eigenvalue weighted by Crippen LogP contribution is -2.55. The number of anilines is 1. The summed E-state index contributed by atoms with van der Waals surface area (Å²) in [6.07, 6.45) is -4.68. The molecule has 0 unspecified atom stereocenters. The Labute approximate surface area is 232 Å². The van der Waals surface area contributed by atoms with Crippen molar-refractivity contribution >= 4 is 23.3 Å². The summed E-state index contributed by atoms with van der Waals surface area (Å²) in [5.74, 6) is -2.17. The number of rotatable bonds is 6. The predicted octanol–water partition coefficient (Wildman–Crippen LogP) is 5.40. The van der Waals surface area contributed by atoms with Crippen LogP contribution in [0, 0.1) is 17.0 Å². The van der Waals surface area contributed by atoms with Crippen LogP contribution in [0.2, 0.25) is 0 Å². The third-order valence-corrected chi connectivity index (χ3v) is 7.04. The minimum atomic E-state index is -4.68. The zero-order valence-electron chi connectivity index (χ0n) is 21.9. The number of amides is 2. The van der Waals surface area contributed by atoms with Crippen LogP contribution in [-0.4, -0.2) is 39.1 Å². The summed E-state index contributed by atoms with van der Waals surface area (Å²) in [5.41, 5.74) is 0.165. The van der Waals surface area contributed by atoms with Gasteiger partial charge < -0.3 is 5.32 Å². The second-order valence-electron chi connectivity index (χ2n) is 9.48. The van der Waals surface area contributed by atoms with E-state index in [0.29, 0.717) is 28.8 Å². The lowest BCUT2D eigenvalue weighted by Gasteiger charge is -2.38. The first kappa shape index (κ1) is 27.6. The molecule has 12 heteroatoms. The second kappa shape index (κ2) is 10.5. The Hall–Kier alpha value is -5.00. The number of benzene rings is 3. The van der Waals surface area contributed by atoms with Crippen molar-refractivity contribution < 1.29 is 27.7 Å². The van der Waals surface area contributed by atoms with Crippen molar-refractivity contribution in [2.24, 2.45) is 0 Å². The van der Waals surface area contributed by atoms with Crippen LogP contribution < -0.4 is 10.2 Å². The number of hydrogen-bond acceptors (Lipinski definition) is 5. The first-order valence-corrected chi connectivity index (χ1v) is 12.7. The highest BCUT2D eigenvalue weighted by molar-refractivity contribution is 6.05. The fraction of sp³-hybridized carbons (Fsp3) is 0.207. The second-order valence-corrected chi connectivity index (χ2v) is 9.48. The molecule has 5 rings (SSSR count). The quantitative estimate of drug-likeness (QED) is 0.249. The zero-order chi connectivity index (χ0) is 29.5. The van der Waals surface area contributed by atoms with E-state index < -0.39 is 40.4 Å². The van der Waals surface area contributed by atoms with E-state index in [0.717, 1.165) is 12.1 Å². The molecule has 1 aliphatic rings. The van der Waals surface area contributed by atoms with Gasteiger partial charge in [0, 0.05) is 29.3 Å². The minimum Gasteiger partial charge on any atom is -0.339 e. The number of para-hydroxylation sites is 2. The monoisotopic (exact) mass is 563 g/mol. The van der Waals surface area contributed by atoms with Crippen molar-refractivity contribution in [3.05, 3.63) is 117 Å². The van der Waals surface area contributed by atoms with Crippen molar-refractivity contribution in [3.63, 3.8) is 0 Å². The molecule has 1 aliphatic heterocycles. The van der Waals surface area contributed by atoms with Gasteiger partial charge in [-0.1, -0.05) is 42.5 Å². The molecule has 9 nitrogen and oxygen atoms in total. The smallest absolute Gasteiger partial charge is 0.339 e. The Balaban J connectivity index is 1.70. The lowest BCUT2D eigenvalue weighted by molar-refractivity contribution is -0.385. The van der Waals surface area contributed by atoms with Gasteiger partial charge in [0.15, 0.2) is 0 Å². The van der Waals surface area contributed by atoms with Crippen LogP contribution in [0.3, 0.4) is 0 Å². The molecule has 0 fully saturated rings. The van der Waals surface area contributed by atoms with Crippen LogP contribution in [-0.2, 0) is 11.0 Å². The van der Waals surface area contributed by atoms with Crippen molar-refractivity contribution in [3.8, 4) is 5.69 Å². The van der Waals surface area contributed by atoms with Gasteiger partial charge in [0.1, 0.15) is 11.9 Å². The molecule has 0 bridgehead atoms. The van der Waals surface area contributed by atoms with E-state index in [1.54, 1.807) is 48.9 Å². The number of fused-ring (bicyclic) bond motifs is 1. The molecule has 2 atom stereocenters. The van der Waals surface area contributed by atoms with Gasteiger partial charge in [-0.2, -0.15) is 18.3 Å². The highest BCUT2D eigenvalue weighted by atomic mass is 19.4. The third-order valence-electron chi connectivity index (χ3n) is 7.04. The molecule has 0 spiro atoms. The molecule has 41 heavy (non-hydrogen) atoms. The number of aryl methyl sites for hydroxylation is 1. The largest absolute Gasteiger partial charge is 0.416 e. The minimum absolute atomic E-state index is 0.160. The van der Waals surface area contributed by atoms with Gasteiger partial charge in [-0.25, -0.2) is 4.68 Å². The van der Waals surface area contributed by atoms with Gasteiger partial charge in [0.05, 0.1) is 27.8 Å². The highest BCUT2D eigenvalue weighted by Gasteiger charge is 2.47. The van der Waals surface area contributed by atoms with Crippen molar-refractivity contribution in [2.45, 2.75) is 32.0 Å². The standard InChI is InChI=1S/C29H24F3N5O4/c1-3-35-27-23(17(2)34-36(27)20-12-5-4-6-13-20)24(21-14-7-8-15-22(21)37(40)41)25(28(35)39)33-26(38)18-10-9-11-19(16-18)29(30,31)32/h4-16,24-25H,3H2,1-2H3,(H,33,38)/t24-,25+/m0/s1. The van der Waals surface area contributed by atoms with Gasteiger partial charge >= 0.3 is 6.18 Å². The molecule has 1 N–H and O–H groups in total. The highest BCUT2D eigenvalue weighted by Crippen LogP contribution is 2.45. The van der Waals surface area contributed by atoms with Crippen LogP contribution in [0.1, 0.15) is 45.6 Å². The van der Waals surface area contributed by atoms with Crippen molar-refractivity contribution in [1.29, 1.82) is 0 Å². The summed E-state index contributed by atoms with van der Waals surface area (Å²) in [7, 11) is 0. The molecule has 0 saturated carbocycles. The zero-order valence-corrected chi connectivity index (χ0v) is 21.9. The number of carbonyl (C=O) groups excluding carboxylic acids is 2. The van der Waals surface area contributed by atoms with Gasteiger partial charge in [0.25, 0.3) is 17.5 Å². The molecule has 0 radical (unpaired) electrons. The van der Waals surface area contributed by atoms with Crippen LogP contribution >= 0.6 is 0 Å².